The first kappa shape index (κ1) is 43.7. The number of nitrogens with one attached hydrogen (secondary N) is 1. The first-order valence-corrected chi connectivity index (χ1v) is 15.0. The molecular formula is C30H31Cl2FN5O10Sm. The molecule has 0 unspecified atom stereocenters. The Labute approximate surface area is 322 Å². The van der Waals surface area contributed by atoms with Crippen molar-refractivity contribution in [3.8, 4) is 11.5 Å². The summed E-state index contributed by atoms with van der Waals surface area (Å²) in [5.74, 6) is -0.649. The van der Waals surface area contributed by atoms with Gasteiger partial charge in [0.15, 0.2) is 0 Å². The van der Waals surface area contributed by atoms with Crippen molar-refractivity contribution in [1.29, 1.82) is 0 Å². The molecule has 4 rings (SSSR count). The van der Waals surface area contributed by atoms with E-state index in [1.807, 2.05) is 0 Å². The maximum absolute atomic E-state index is 13.4. The maximum atomic E-state index is 13.4. The molecule has 0 aromatic heterocycles. The first-order valence-electron chi connectivity index (χ1n) is 14.2. The van der Waals surface area contributed by atoms with Crippen LogP contribution in [-0.2, 0) is 29.0 Å². The number of nitrogens with zero attached hydrogens (tertiary/aromatic N) is 4. The molecule has 0 saturated carbocycles. The Bertz CT molecular complexity index is 1460. The predicted molar refractivity (Wildman–Crippen MR) is 172 cm³/mol. The molecule has 1 N–H and O–H groups in total. The summed E-state index contributed by atoms with van der Waals surface area (Å²) in [4.78, 5) is 26.1. The van der Waals surface area contributed by atoms with Crippen LogP contribution in [-0.4, -0.2) is 68.7 Å². The molecule has 0 fully saturated rings. The van der Waals surface area contributed by atoms with Crippen molar-refractivity contribution in [2.75, 3.05) is 46.1 Å². The smallest absolute Gasteiger partial charge is 0.872 e. The van der Waals surface area contributed by atoms with Crippen LogP contribution in [0.4, 0.5) is 4.39 Å². The fourth-order valence-electron chi connectivity index (χ4n) is 4.43. The van der Waals surface area contributed by atoms with Gasteiger partial charge in [-0.1, -0.05) is 46.8 Å². The number of rotatable bonds is 3. The number of halogens is 3. The van der Waals surface area contributed by atoms with E-state index in [4.69, 9.17) is 63.3 Å². The van der Waals surface area contributed by atoms with Crippen LogP contribution >= 0.6 is 23.2 Å². The number of fused-ring (bicyclic) bond motifs is 4. The van der Waals surface area contributed by atoms with Crippen LogP contribution in [0.3, 0.4) is 0 Å². The van der Waals surface area contributed by atoms with E-state index in [1.54, 1.807) is 36.4 Å². The van der Waals surface area contributed by atoms with Crippen LogP contribution in [0.25, 0.3) is 0 Å². The molecule has 3 aromatic rings. The third-order valence-corrected chi connectivity index (χ3v) is 6.88. The Morgan fingerprint density at radius 2 is 1.14 bits per heavy atom. The van der Waals surface area contributed by atoms with Crippen molar-refractivity contribution >= 4 is 35.6 Å². The number of hydrogen-bond acceptors (Lipinski definition) is 12. The monoisotopic (exact) mass is 862 g/mol. The summed E-state index contributed by atoms with van der Waals surface area (Å²) in [6, 6.07) is 12.8. The van der Waals surface area contributed by atoms with E-state index in [1.165, 1.54) is 24.6 Å². The minimum atomic E-state index is -1.75. The molecule has 0 amide bonds. The number of benzene rings is 3. The van der Waals surface area contributed by atoms with Gasteiger partial charge >= 0.3 is 40.4 Å². The van der Waals surface area contributed by atoms with E-state index < -0.39 is 10.2 Å². The van der Waals surface area contributed by atoms with Crippen LogP contribution in [0.5, 0.6) is 11.5 Å². The Hall–Kier alpha value is -3.27. The Balaban J connectivity index is 0.00000120. The molecule has 15 nitrogen and oxygen atoms in total. The number of hydrogen-bond donors (Lipinski definition) is 1. The third-order valence-electron chi connectivity index (χ3n) is 6.44. The van der Waals surface area contributed by atoms with Gasteiger partial charge in [-0.3, -0.25) is 9.98 Å². The average Bonchev–Trinajstić information content (AvgIpc) is 3.00. The molecule has 0 atom stereocenters. The number of aliphatic imine (C=N–C) groups is 2. The van der Waals surface area contributed by atoms with Gasteiger partial charge in [-0.05, 0) is 53.1 Å². The molecule has 263 valence electrons. The third kappa shape index (κ3) is 18.3. The van der Waals surface area contributed by atoms with Gasteiger partial charge in [0.05, 0.1) is 56.2 Å². The van der Waals surface area contributed by atoms with Crippen molar-refractivity contribution < 1.29 is 79.5 Å². The first-order chi connectivity index (χ1) is 22.8. The summed E-state index contributed by atoms with van der Waals surface area (Å²) >= 11 is 12.8. The van der Waals surface area contributed by atoms with Crippen LogP contribution in [0.2, 0.25) is 10.0 Å². The minimum absolute atomic E-state index is 0. The van der Waals surface area contributed by atoms with Crippen molar-refractivity contribution in [3.05, 3.63) is 123 Å². The molecular weight excluding hydrogens is 831 g/mol. The molecule has 0 spiro atoms. The van der Waals surface area contributed by atoms with Crippen molar-refractivity contribution in [2.45, 2.75) is 19.5 Å². The second kappa shape index (κ2) is 24.0. The van der Waals surface area contributed by atoms with E-state index in [-0.39, 0.29) is 57.7 Å². The number of quaternary nitrogens is 1. The van der Waals surface area contributed by atoms with Gasteiger partial charge < -0.3 is 55.2 Å². The summed E-state index contributed by atoms with van der Waals surface area (Å²) in [6.45, 7) is 3.59. The SMILES string of the molecule is O=[N+]([O-])[O-].O=[N+]([O-])[O-].[O-]c1c2cc(Cl)cc1C[NH+](CCc1ccc(F)cc1)Cc1cc(Cl)cc(c1[O-])C=NCCOCCOCCN=C2.[Sm+3]. The quantitative estimate of drug-likeness (QED) is 0.299. The molecule has 19 heteroatoms. The Morgan fingerprint density at radius 1 is 0.735 bits per heavy atom. The largest absolute Gasteiger partial charge is 3.00 e. The molecule has 1 aliphatic heterocycles. The maximum Gasteiger partial charge on any atom is 3.00 e. The molecule has 1 aliphatic rings. The van der Waals surface area contributed by atoms with E-state index in [0.29, 0.717) is 97.9 Å². The Morgan fingerprint density at radius 3 is 1.55 bits per heavy atom. The second-order valence-corrected chi connectivity index (χ2v) is 10.8. The van der Waals surface area contributed by atoms with Crippen molar-refractivity contribution in [3.63, 3.8) is 0 Å². The normalized spacial score (nSPS) is 15.1. The topological polar surface area (TPSA) is 226 Å². The van der Waals surface area contributed by atoms with Gasteiger partial charge in [-0.15, -0.1) is 0 Å². The predicted octanol–water partition coefficient (Wildman–Crippen LogP) is 2.51. The van der Waals surface area contributed by atoms with Crippen LogP contribution in [0.15, 0.2) is 58.5 Å². The molecule has 1 radical (unpaired) electrons. The van der Waals surface area contributed by atoms with E-state index >= 15 is 0 Å². The summed E-state index contributed by atoms with van der Waals surface area (Å²) in [7, 11) is 0. The van der Waals surface area contributed by atoms with Crippen LogP contribution in [0, 0.1) is 76.8 Å². The van der Waals surface area contributed by atoms with Crippen LogP contribution < -0.4 is 15.1 Å². The van der Waals surface area contributed by atoms with E-state index in [0.717, 1.165) is 10.5 Å². The van der Waals surface area contributed by atoms with Gasteiger partial charge in [0.1, 0.15) is 18.9 Å². The zero-order valence-electron chi connectivity index (χ0n) is 25.8. The minimum Gasteiger partial charge on any atom is -0.872 e. The van der Waals surface area contributed by atoms with Gasteiger partial charge in [-0.2, -0.15) is 0 Å². The van der Waals surface area contributed by atoms with Gasteiger partial charge in [0.2, 0.25) is 0 Å². The second-order valence-electron chi connectivity index (χ2n) is 9.94. The molecule has 4 bridgehead atoms. The van der Waals surface area contributed by atoms with E-state index in [2.05, 4.69) is 9.98 Å². The number of ether oxygens (including phenoxy) is 2. The molecule has 3 aromatic carbocycles. The fraction of sp³-hybridized carbons (Fsp3) is 0.333. The molecule has 0 saturated heterocycles. The zero-order chi connectivity index (χ0) is 35.5. The average molecular weight is 862 g/mol. The van der Waals surface area contributed by atoms with Gasteiger partial charge in [0, 0.05) is 40.0 Å². The summed E-state index contributed by atoms with van der Waals surface area (Å²) < 4.78 is 24.5. The standard InChI is InChI=1S/C30H32Cl2FN3O4.2NO3.Sm/c31-26-13-22-17-34-6-9-39-11-12-40-10-7-35-18-23-14-27(32)16-25(30(23)38)20-36(19-24(15-26)29(22)37)8-5-21-1-3-28(33)4-2-21;2*2-1(3)4;/h1-4,13-18,37-38H,5-12,19-20H2;;;/q;2*-1;+3/p-1. The van der Waals surface area contributed by atoms with E-state index in [9.17, 15) is 14.6 Å². The zero-order valence-corrected chi connectivity index (χ0v) is 29.9. The molecule has 49 heavy (non-hydrogen) atoms. The van der Waals surface area contributed by atoms with Crippen molar-refractivity contribution in [1.82, 2.24) is 0 Å². The van der Waals surface area contributed by atoms with Crippen LogP contribution in [0.1, 0.15) is 27.8 Å². The summed E-state index contributed by atoms with van der Waals surface area (Å²) in [6.07, 6.45) is 3.66. The van der Waals surface area contributed by atoms with Gasteiger partial charge in [-0.25, -0.2) is 4.39 Å². The summed E-state index contributed by atoms with van der Waals surface area (Å²) in [5.41, 5.74) is 2.75. The fourth-order valence-corrected chi connectivity index (χ4v) is 4.93. The summed E-state index contributed by atoms with van der Waals surface area (Å²) in [5, 5.41) is 57.0. The molecule has 1 heterocycles. The molecule has 0 aliphatic carbocycles. The Kier molecular flexibility index (Phi) is 21.4. The van der Waals surface area contributed by atoms with Crippen molar-refractivity contribution in [2.24, 2.45) is 9.98 Å². The van der Waals surface area contributed by atoms with Gasteiger partial charge in [0.25, 0.3) is 0 Å².